The van der Waals surface area contributed by atoms with Crippen molar-refractivity contribution in [1.29, 1.82) is 0 Å². The van der Waals surface area contributed by atoms with E-state index in [4.69, 9.17) is 13.9 Å². The Balaban J connectivity index is 1.22. The van der Waals surface area contributed by atoms with E-state index in [1.807, 2.05) is 36.4 Å². The summed E-state index contributed by atoms with van der Waals surface area (Å²) >= 11 is 0. The summed E-state index contributed by atoms with van der Waals surface area (Å²) in [7, 11) is -3.35. The van der Waals surface area contributed by atoms with Crippen LogP contribution in [0.15, 0.2) is 77.4 Å². The maximum atomic E-state index is 11.5. The Morgan fingerprint density at radius 2 is 1.76 bits per heavy atom. The number of nitrogens with one attached hydrogen (secondary N) is 1. The first-order chi connectivity index (χ1) is 16.5. The number of hydrogen-bond acceptors (Lipinski definition) is 6. The highest BCUT2D eigenvalue weighted by Crippen LogP contribution is 2.30. The van der Waals surface area contributed by atoms with Gasteiger partial charge < -0.3 is 18.8 Å². The average molecular weight is 485 g/mol. The zero-order valence-corrected chi connectivity index (χ0v) is 20.2. The molecular weight excluding hydrogens is 452 g/mol. The number of rotatable bonds is 11. The molecule has 2 aromatic carbocycles. The molecule has 3 aromatic rings. The van der Waals surface area contributed by atoms with Gasteiger partial charge in [0.1, 0.15) is 17.6 Å². The predicted molar refractivity (Wildman–Crippen MR) is 133 cm³/mol. The smallest absolute Gasteiger partial charge is 0.229 e. The van der Waals surface area contributed by atoms with Crippen molar-refractivity contribution in [2.24, 2.45) is 0 Å². The standard InChI is InChI=1S/C26H32N2O5S/c1-34(29,30)27-23-11-5-6-12-24(23)31-20-8-16-28-17-14-22(15-18-28)33-26(25-13-7-19-32-25)21-9-3-2-4-10-21/h2-7,9-13,19,22,26-27H,8,14-18,20H2,1H3. The highest BCUT2D eigenvalue weighted by Gasteiger charge is 2.26. The molecule has 4 rings (SSSR count). The average Bonchev–Trinajstić information content (AvgIpc) is 3.36. The van der Waals surface area contributed by atoms with Crippen molar-refractivity contribution < 1.29 is 22.3 Å². The summed E-state index contributed by atoms with van der Waals surface area (Å²) in [5, 5.41) is 0. The number of para-hydroxylation sites is 2. The third-order valence-electron chi connectivity index (χ3n) is 5.83. The first-order valence-electron chi connectivity index (χ1n) is 11.6. The van der Waals surface area contributed by atoms with Crippen molar-refractivity contribution in [1.82, 2.24) is 4.90 Å². The number of piperidine rings is 1. The molecule has 0 bridgehead atoms. The van der Waals surface area contributed by atoms with Crippen LogP contribution in [-0.2, 0) is 14.8 Å². The van der Waals surface area contributed by atoms with E-state index >= 15 is 0 Å². The molecule has 34 heavy (non-hydrogen) atoms. The van der Waals surface area contributed by atoms with Gasteiger partial charge in [0.2, 0.25) is 10.0 Å². The molecule has 2 heterocycles. The van der Waals surface area contributed by atoms with E-state index in [0.29, 0.717) is 18.0 Å². The topological polar surface area (TPSA) is 81.0 Å². The van der Waals surface area contributed by atoms with E-state index in [9.17, 15) is 8.42 Å². The molecule has 1 saturated heterocycles. The van der Waals surface area contributed by atoms with Crippen molar-refractivity contribution in [2.45, 2.75) is 31.5 Å². The minimum atomic E-state index is -3.35. The molecule has 0 radical (unpaired) electrons. The number of anilines is 1. The Labute approximate surface area is 201 Å². The van der Waals surface area contributed by atoms with Crippen molar-refractivity contribution in [3.05, 3.63) is 84.3 Å². The number of hydrogen-bond donors (Lipinski definition) is 1. The molecule has 0 aliphatic carbocycles. The van der Waals surface area contributed by atoms with E-state index in [1.54, 1.807) is 24.5 Å². The fourth-order valence-electron chi connectivity index (χ4n) is 4.19. The predicted octanol–water partition coefficient (Wildman–Crippen LogP) is 4.69. The zero-order chi connectivity index (χ0) is 23.8. The van der Waals surface area contributed by atoms with Crippen LogP contribution in [0.25, 0.3) is 0 Å². The van der Waals surface area contributed by atoms with Gasteiger partial charge in [0.25, 0.3) is 0 Å². The van der Waals surface area contributed by atoms with Gasteiger partial charge in [-0.2, -0.15) is 0 Å². The van der Waals surface area contributed by atoms with Crippen LogP contribution < -0.4 is 9.46 Å². The van der Waals surface area contributed by atoms with Crippen molar-refractivity contribution >= 4 is 15.7 Å². The molecule has 182 valence electrons. The van der Waals surface area contributed by atoms with Crippen LogP contribution in [0.5, 0.6) is 5.75 Å². The van der Waals surface area contributed by atoms with Gasteiger partial charge in [-0.05, 0) is 49.1 Å². The number of nitrogens with zero attached hydrogens (tertiary/aromatic N) is 1. The normalized spacial score (nSPS) is 16.3. The summed E-state index contributed by atoms with van der Waals surface area (Å²) in [6, 6.07) is 21.2. The molecule has 1 fully saturated rings. The van der Waals surface area contributed by atoms with Gasteiger partial charge in [-0.3, -0.25) is 4.72 Å². The van der Waals surface area contributed by atoms with Crippen LogP contribution in [0.3, 0.4) is 0 Å². The minimum absolute atomic E-state index is 0.178. The quantitative estimate of drug-likeness (QED) is 0.398. The largest absolute Gasteiger partial charge is 0.491 e. The Bertz CT molecular complexity index is 1110. The molecule has 8 heteroatoms. The van der Waals surface area contributed by atoms with E-state index in [-0.39, 0.29) is 12.2 Å². The second kappa shape index (κ2) is 11.6. The minimum Gasteiger partial charge on any atom is -0.491 e. The molecule has 0 spiro atoms. The van der Waals surface area contributed by atoms with Crippen LogP contribution in [-0.4, -0.2) is 51.9 Å². The lowest BCUT2D eigenvalue weighted by molar-refractivity contribution is -0.0348. The lowest BCUT2D eigenvalue weighted by atomic mass is 10.0. The van der Waals surface area contributed by atoms with Crippen molar-refractivity contribution in [2.75, 3.05) is 37.2 Å². The van der Waals surface area contributed by atoms with Gasteiger partial charge in [0.05, 0.1) is 30.9 Å². The van der Waals surface area contributed by atoms with Crippen LogP contribution in [0.4, 0.5) is 5.69 Å². The third kappa shape index (κ3) is 7.09. The summed E-state index contributed by atoms with van der Waals surface area (Å²) in [5.41, 5.74) is 1.56. The summed E-state index contributed by atoms with van der Waals surface area (Å²) in [4.78, 5) is 2.42. The van der Waals surface area contributed by atoms with Crippen LogP contribution in [0.2, 0.25) is 0 Å². The van der Waals surface area contributed by atoms with Gasteiger partial charge >= 0.3 is 0 Å². The maximum absolute atomic E-state index is 11.5. The zero-order valence-electron chi connectivity index (χ0n) is 19.4. The Morgan fingerprint density at radius 3 is 2.47 bits per heavy atom. The first kappa shape index (κ1) is 24.3. The summed E-state index contributed by atoms with van der Waals surface area (Å²) < 4.78 is 43.6. The number of likely N-dealkylation sites (tertiary alicyclic amines) is 1. The second-order valence-corrected chi connectivity index (χ2v) is 10.3. The molecule has 1 atom stereocenters. The first-order valence-corrected chi connectivity index (χ1v) is 13.5. The highest BCUT2D eigenvalue weighted by atomic mass is 32.2. The lowest BCUT2D eigenvalue weighted by Gasteiger charge is -2.33. The SMILES string of the molecule is CS(=O)(=O)Nc1ccccc1OCCCN1CCC(OC(c2ccccc2)c2ccco2)CC1. The number of benzene rings is 2. The molecule has 0 saturated carbocycles. The van der Waals surface area contributed by atoms with Crippen LogP contribution in [0.1, 0.15) is 36.7 Å². The van der Waals surface area contributed by atoms with Gasteiger partial charge in [-0.15, -0.1) is 0 Å². The molecule has 7 nitrogen and oxygen atoms in total. The Morgan fingerprint density at radius 1 is 1.03 bits per heavy atom. The van der Waals surface area contributed by atoms with Gasteiger partial charge in [0.15, 0.2) is 0 Å². The van der Waals surface area contributed by atoms with E-state index in [2.05, 4.69) is 21.8 Å². The third-order valence-corrected chi connectivity index (χ3v) is 6.42. The number of sulfonamides is 1. The molecule has 1 aliphatic rings. The second-order valence-electron chi connectivity index (χ2n) is 8.56. The van der Waals surface area contributed by atoms with Crippen molar-refractivity contribution in [3.63, 3.8) is 0 Å². The molecule has 1 aliphatic heterocycles. The van der Waals surface area contributed by atoms with Gasteiger partial charge in [-0.1, -0.05) is 42.5 Å². The van der Waals surface area contributed by atoms with Crippen LogP contribution >= 0.6 is 0 Å². The highest BCUT2D eigenvalue weighted by molar-refractivity contribution is 7.92. The Kier molecular flexibility index (Phi) is 8.26. The van der Waals surface area contributed by atoms with E-state index < -0.39 is 10.0 Å². The monoisotopic (exact) mass is 484 g/mol. The number of furan rings is 1. The number of ether oxygens (including phenoxy) is 2. The lowest BCUT2D eigenvalue weighted by Crippen LogP contribution is -2.38. The van der Waals surface area contributed by atoms with E-state index in [1.165, 1.54) is 0 Å². The van der Waals surface area contributed by atoms with E-state index in [0.717, 1.165) is 56.5 Å². The Hall–Kier alpha value is -2.81. The van der Waals surface area contributed by atoms with Crippen LogP contribution in [0, 0.1) is 0 Å². The molecule has 1 aromatic heterocycles. The van der Waals surface area contributed by atoms with Gasteiger partial charge in [-0.25, -0.2) is 8.42 Å². The molecule has 0 amide bonds. The molecule has 1 N–H and O–H groups in total. The maximum Gasteiger partial charge on any atom is 0.229 e. The molecular formula is C26H32N2O5S. The fourth-order valence-corrected chi connectivity index (χ4v) is 4.75. The molecule has 1 unspecified atom stereocenters. The summed E-state index contributed by atoms with van der Waals surface area (Å²) in [5.74, 6) is 1.38. The summed E-state index contributed by atoms with van der Waals surface area (Å²) in [6.45, 7) is 3.38. The van der Waals surface area contributed by atoms with Crippen molar-refractivity contribution in [3.8, 4) is 5.75 Å². The van der Waals surface area contributed by atoms with Gasteiger partial charge in [0, 0.05) is 19.6 Å². The summed E-state index contributed by atoms with van der Waals surface area (Å²) in [6.07, 6.45) is 5.59. The fraction of sp³-hybridized carbons (Fsp3) is 0.385.